The minimum absolute atomic E-state index is 0.511. The van der Waals surface area contributed by atoms with E-state index in [1.54, 1.807) is 11.3 Å². The monoisotopic (exact) mass is 254 g/mol. The molecule has 0 aliphatic rings. The summed E-state index contributed by atoms with van der Waals surface area (Å²) in [5, 5.41) is 6.31. The van der Waals surface area contributed by atoms with Crippen molar-refractivity contribution in [1.82, 2.24) is 10.3 Å². The SMILES string of the molecule is CCc1nc(CN=C(N)NCCC(C)C)cs1. The molecule has 0 aromatic carbocycles. The van der Waals surface area contributed by atoms with Crippen molar-refractivity contribution in [1.29, 1.82) is 0 Å². The minimum Gasteiger partial charge on any atom is -0.370 e. The highest BCUT2D eigenvalue weighted by molar-refractivity contribution is 7.09. The van der Waals surface area contributed by atoms with Crippen molar-refractivity contribution in [2.24, 2.45) is 16.6 Å². The van der Waals surface area contributed by atoms with Crippen LogP contribution in [0.3, 0.4) is 0 Å². The molecule has 96 valence electrons. The highest BCUT2D eigenvalue weighted by atomic mass is 32.1. The topological polar surface area (TPSA) is 63.3 Å². The maximum atomic E-state index is 5.76. The Kier molecular flexibility index (Phi) is 5.97. The molecule has 5 heteroatoms. The first kappa shape index (κ1) is 14.0. The molecule has 0 aliphatic heterocycles. The summed E-state index contributed by atoms with van der Waals surface area (Å²) in [6.07, 6.45) is 2.09. The molecule has 1 heterocycles. The van der Waals surface area contributed by atoms with Crippen molar-refractivity contribution in [3.63, 3.8) is 0 Å². The zero-order chi connectivity index (χ0) is 12.7. The first-order chi connectivity index (χ1) is 8.11. The molecule has 0 fully saturated rings. The van der Waals surface area contributed by atoms with E-state index in [0.717, 1.165) is 30.1 Å². The third kappa shape index (κ3) is 5.68. The number of guanidine groups is 1. The van der Waals surface area contributed by atoms with E-state index in [9.17, 15) is 0 Å². The van der Waals surface area contributed by atoms with Gasteiger partial charge in [-0.3, -0.25) is 0 Å². The van der Waals surface area contributed by atoms with Crippen LogP contribution in [0.2, 0.25) is 0 Å². The Morgan fingerprint density at radius 3 is 2.94 bits per heavy atom. The second kappa shape index (κ2) is 7.27. The summed E-state index contributed by atoms with van der Waals surface area (Å²) < 4.78 is 0. The van der Waals surface area contributed by atoms with Gasteiger partial charge in [-0.1, -0.05) is 20.8 Å². The largest absolute Gasteiger partial charge is 0.370 e. The van der Waals surface area contributed by atoms with E-state index in [0.29, 0.717) is 18.4 Å². The number of nitrogens with two attached hydrogens (primary N) is 1. The highest BCUT2D eigenvalue weighted by Gasteiger charge is 1.99. The molecule has 3 N–H and O–H groups in total. The van der Waals surface area contributed by atoms with Crippen molar-refractivity contribution < 1.29 is 0 Å². The summed E-state index contributed by atoms with van der Waals surface area (Å²) in [5.41, 5.74) is 6.76. The van der Waals surface area contributed by atoms with Crippen LogP contribution in [0, 0.1) is 5.92 Å². The number of hydrogen-bond acceptors (Lipinski definition) is 3. The van der Waals surface area contributed by atoms with Gasteiger partial charge in [-0.2, -0.15) is 0 Å². The molecule has 1 aromatic rings. The van der Waals surface area contributed by atoms with E-state index in [2.05, 4.69) is 36.1 Å². The Hall–Kier alpha value is -1.10. The molecule has 1 aromatic heterocycles. The fraction of sp³-hybridized carbons (Fsp3) is 0.667. The number of nitrogens with zero attached hydrogens (tertiary/aromatic N) is 2. The van der Waals surface area contributed by atoms with Crippen molar-refractivity contribution in [2.75, 3.05) is 6.54 Å². The van der Waals surface area contributed by atoms with E-state index in [-0.39, 0.29) is 0 Å². The predicted molar refractivity (Wildman–Crippen MR) is 74.3 cm³/mol. The molecule has 0 saturated heterocycles. The van der Waals surface area contributed by atoms with Gasteiger partial charge in [0, 0.05) is 11.9 Å². The lowest BCUT2D eigenvalue weighted by atomic mass is 10.1. The molecule has 0 atom stereocenters. The zero-order valence-electron chi connectivity index (χ0n) is 10.9. The maximum Gasteiger partial charge on any atom is 0.188 e. The van der Waals surface area contributed by atoms with Crippen LogP contribution < -0.4 is 11.1 Å². The third-order valence-electron chi connectivity index (χ3n) is 2.34. The normalized spacial score (nSPS) is 12.1. The highest BCUT2D eigenvalue weighted by Crippen LogP contribution is 2.10. The Labute approximate surface area is 107 Å². The average molecular weight is 254 g/mol. The van der Waals surface area contributed by atoms with Crippen LogP contribution in [-0.2, 0) is 13.0 Å². The number of aromatic nitrogens is 1. The van der Waals surface area contributed by atoms with Gasteiger partial charge in [0.2, 0.25) is 0 Å². The number of nitrogens with one attached hydrogen (secondary N) is 1. The van der Waals surface area contributed by atoms with Gasteiger partial charge < -0.3 is 11.1 Å². The van der Waals surface area contributed by atoms with Gasteiger partial charge >= 0.3 is 0 Å². The lowest BCUT2D eigenvalue weighted by molar-refractivity contribution is 0.576. The lowest BCUT2D eigenvalue weighted by Gasteiger charge is -2.06. The Bertz CT molecular complexity index is 357. The summed E-state index contributed by atoms with van der Waals surface area (Å²) in [4.78, 5) is 8.70. The van der Waals surface area contributed by atoms with Crippen LogP contribution in [-0.4, -0.2) is 17.5 Å². The van der Waals surface area contributed by atoms with Crippen LogP contribution in [0.25, 0.3) is 0 Å². The van der Waals surface area contributed by atoms with Gasteiger partial charge in [-0.15, -0.1) is 11.3 Å². The number of aliphatic imine (C=N–C) groups is 1. The quantitative estimate of drug-likeness (QED) is 0.604. The molecule has 4 nitrogen and oxygen atoms in total. The molecule has 0 spiro atoms. The Morgan fingerprint density at radius 2 is 2.35 bits per heavy atom. The second-order valence-corrected chi connectivity index (χ2v) is 5.34. The van der Waals surface area contributed by atoms with Gasteiger partial charge in [0.1, 0.15) is 0 Å². The lowest BCUT2D eigenvalue weighted by Crippen LogP contribution is -2.32. The molecule has 0 saturated carbocycles. The van der Waals surface area contributed by atoms with Gasteiger partial charge in [0.05, 0.1) is 17.2 Å². The fourth-order valence-corrected chi connectivity index (χ4v) is 2.03. The van der Waals surface area contributed by atoms with E-state index in [1.165, 1.54) is 0 Å². The fourth-order valence-electron chi connectivity index (χ4n) is 1.29. The molecule has 1 rings (SSSR count). The van der Waals surface area contributed by atoms with Crippen LogP contribution >= 0.6 is 11.3 Å². The molecule has 0 amide bonds. The van der Waals surface area contributed by atoms with Crippen molar-refractivity contribution in [3.8, 4) is 0 Å². The van der Waals surface area contributed by atoms with E-state index >= 15 is 0 Å². The molecule has 17 heavy (non-hydrogen) atoms. The van der Waals surface area contributed by atoms with E-state index in [1.807, 2.05) is 5.38 Å². The number of aryl methyl sites for hydroxylation is 1. The van der Waals surface area contributed by atoms with Gasteiger partial charge in [0.25, 0.3) is 0 Å². The van der Waals surface area contributed by atoms with Crippen LogP contribution in [0.4, 0.5) is 0 Å². The Balaban J connectivity index is 2.31. The number of rotatable bonds is 6. The molecule has 0 radical (unpaired) electrons. The summed E-state index contributed by atoms with van der Waals surface area (Å²) in [5.74, 6) is 1.19. The van der Waals surface area contributed by atoms with E-state index < -0.39 is 0 Å². The average Bonchev–Trinajstić information content (AvgIpc) is 2.73. The Morgan fingerprint density at radius 1 is 1.59 bits per heavy atom. The number of hydrogen-bond donors (Lipinski definition) is 2. The maximum absolute atomic E-state index is 5.76. The molecular weight excluding hydrogens is 232 g/mol. The first-order valence-electron chi connectivity index (χ1n) is 6.08. The van der Waals surface area contributed by atoms with Crippen molar-refractivity contribution in [3.05, 3.63) is 16.1 Å². The third-order valence-corrected chi connectivity index (χ3v) is 3.38. The van der Waals surface area contributed by atoms with Gasteiger partial charge in [0.15, 0.2) is 5.96 Å². The summed E-state index contributed by atoms with van der Waals surface area (Å²) >= 11 is 1.68. The second-order valence-electron chi connectivity index (χ2n) is 4.40. The first-order valence-corrected chi connectivity index (χ1v) is 6.96. The predicted octanol–water partition coefficient (Wildman–Crippen LogP) is 2.16. The zero-order valence-corrected chi connectivity index (χ0v) is 11.7. The number of thiazole rings is 1. The molecule has 0 bridgehead atoms. The van der Waals surface area contributed by atoms with Crippen LogP contribution in [0.15, 0.2) is 10.4 Å². The molecular formula is C12H22N4S. The van der Waals surface area contributed by atoms with Crippen LogP contribution in [0.5, 0.6) is 0 Å². The van der Waals surface area contributed by atoms with Gasteiger partial charge in [-0.05, 0) is 18.8 Å². The minimum atomic E-state index is 0.511. The van der Waals surface area contributed by atoms with Gasteiger partial charge in [-0.25, -0.2) is 9.98 Å². The summed E-state index contributed by atoms with van der Waals surface area (Å²) in [6, 6.07) is 0. The van der Waals surface area contributed by atoms with Crippen molar-refractivity contribution in [2.45, 2.75) is 40.2 Å². The molecule has 0 aliphatic carbocycles. The molecule has 0 unspecified atom stereocenters. The summed E-state index contributed by atoms with van der Waals surface area (Å²) in [6.45, 7) is 7.93. The van der Waals surface area contributed by atoms with Crippen molar-refractivity contribution >= 4 is 17.3 Å². The smallest absolute Gasteiger partial charge is 0.188 e. The summed E-state index contributed by atoms with van der Waals surface area (Å²) in [7, 11) is 0. The van der Waals surface area contributed by atoms with E-state index in [4.69, 9.17) is 5.73 Å². The standard InChI is InChI=1S/C12H22N4S/c1-4-11-16-10(8-17-11)7-15-12(13)14-6-5-9(2)3/h8-9H,4-7H2,1-3H3,(H3,13,14,15). The van der Waals surface area contributed by atoms with Crippen LogP contribution in [0.1, 0.15) is 37.9 Å².